The molecule has 0 radical (unpaired) electrons. The summed E-state index contributed by atoms with van der Waals surface area (Å²) in [5.41, 5.74) is -0.834. The van der Waals surface area contributed by atoms with Crippen LogP contribution in [-0.2, 0) is 4.79 Å². The van der Waals surface area contributed by atoms with E-state index >= 15 is 0 Å². The SMILES string of the molecule is CCCCOc1ccc(/C=C2/C(=O)N(c3c(F)c(F)c(F)c(F)c3F)N=C2C)cc1. The molecule has 0 saturated carbocycles. The van der Waals surface area contributed by atoms with Gasteiger partial charge in [0.15, 0.2) is 23.3 Å². The molecule has 1 amide bonds. The van der Waals surface area contributed by atoms with Crippen LogP contribution in [-0.4, -0.2) is 18.2 Å². The number of hydrazone groups is 1. The first kappa shape index (κ1) is 21.5. The minimum absolute atomic E-state index is 0.0430. The average molecular weight is 424 g/mol. The summed E-state index contributed by atoms with van der Waals surface area (Å²) < 4.78 is 73.9. The van der Waals surface area contributed by atoms with Crippen LogP contribution in [0.1, 0.15) is 32.3 Å². The van der Waals surface area contributed by atoms with E-state index in [0.717, 1.165) is 12.8 Å². The zero-order chi connectivity index (χ0) is 22.0. The summed E-state index contributed by atoms with van der Waals surface area (Å²) >= 11 is 0. The number of rotatable bonds is 6. The van der Waals surface area contributed by atoms with Crippen LogP contribution < -0.4 is 9.75 Å². The number of ether oxygens (including phenoxy) is 1. The molecule has 0 aliphatic carbocycles. The normalized spacial score (nSPS) is 15.2. The van der Waals surface area contributed by atoms with E-state index in [1.807, 2.05) is 6.92 Å². The molecule has 0 spiro atoms. The van der Waals surface area contributed by atoms with E-state index in [1.165, 1.54) is 13.0 Å². The smallest absolute Gasteiger partial charge is 0.280 e. The van der Waals surface area contributed by atoms with Gasteiger partial charge < -0.3 is 4.74 Å². The van der Waals surface area contributed by atoms with Crippen LogP contribution in [0.2, 0.25) is 0 Å². The van der Waals surface area contributed by atoms with Crippen molar-refractivity contribution in [1.82, 2.24) is 0 Å². The van der Waals surface area contributed by atoms with E-state index in [2.05, 4.69) is 5.10 Å². The Balaban J connectivity index is 1.90. The topological polar surface area (TPSA) is 41.9 Å². The maximum absolute atomic E-state index is 14.1. The number of halogens is 5. The Labute approximate surface area is 169 Å². The van der Waals surface area contributed by atoms with Crippen molar-refractivity contribution in [3.8, 4) is 5.75 Å². The average Bonchev–Trinajstić information content (AvgIpc) is 3.00. The van der Waals surface area contributed by atoms with Crippen LogP contribution >= 0.6 is 0 Å². The first-order valence-corrected chi connectivity index (χ1v) is 9.12. The molecule has 9 heteroatoms. The summed E-state index contributed by atoms with van der Waals surface area (Å²) in [5.74, 6) is -11.3. The lowest BCUT2D eigenvalue weighted by atomic mass is 10.1. The third-order valence-corrected chi connectivity index (χ3v) is 4.42. The predicted octanol–water partition coefficient (Wildman–Crippen LogP) is 5.37. The maximum Gasteiger partial charge on any atom is 0.280 e. The van der Waals surface area contributed by atoms with Crippen molar-refractivity contribution in [2.75, 3.05) is 11.6 Å². The number of anilines is 1. The van der Waals surface area contributed by atoms with Gasteiger partial charge in [0.1, 0.15) is 11.4 Å². The van der Waals surface area contributed by atoms with E-state index in [1.54, 1.807) is 24.3 Å². The largest absolute Gasteiger partial charge is 0.494 e. The van der Waals surface area contributed by atoms with E-state index < -0.39 is 40.7 Å². The number of carbonyl (C=O) groups is 1. The maximum atomic E-state index is 14.1. The number of nitrogens with zero attached hydrogens (tertiary/aromatic N) is 2. The second kappa shape index (κ2) is 8.64. The van der Waals surface area contributed by atoms with Gasteiger partial charge in [0.05, 0.1) is 17.9 Å². The quantitative estimate of drug-likeness (QED) is 0.206. The van der Waals surface area contributed by atoms with Crippen molar-refractivity contribution in [2.45, 2.75) is 26.7 Å². The second-order valence-electron chi connectivity index (χ2n) is 6.55. The number of benzene rings is 2. The van der Waals surface area contributed by atoms with E-state index in [4.69, 9.17) is 4.74 Å². The Hall–Kier alpha value is -3.23. The van der Waals surface area contributed by atoms with Crippen molar-refractivity contribution in [3.63, 3.8) is 0 Å². The van der Waals surface area contributed by atoms with Gasteiger partial charge >= 0.3 is 0 Å². The molecule has 2 aromatic carbocycles. The summed E-state index contributed by atoms with van der Waals surface area (Å²) in [5, 5.41) is 3.87. The highest BCUT2D eigenvalue weighted by Crippen LogP contribution is 2.34. The Morgan fingerprint density at radius 2 is 1.53 bits per heavy atom. The lowest BCUT2D eigenvalue weighted by molar-refractivity contribution is -0.114. The van der Waals surface area contributed by atoms with E-state index in [0.29, 0.717) is 17.9 Å². The van der Waals surface area contributed by atoms with Crippen molar-refractivity contribution in [1.29, 1.82) is 0 Å². The number of hydrogen-bond donors (Lipinski definition) is 0. The molecule has 0 unspecified atom stereocenters. The number of carbonyl (C=O) groups excluding carboxylic acids is 1. The van der Waals surface area contributed by atoms with Gasteiger partial charge in [-0.05, 0) is 37.1 Å². The minimum atomic E-state index is -2.31. The van der Waals surface area contributed by atoms with Gasteiger partial charge in [-0.2, -0.15) is 10.1 Å². The summed E-state index contributed by atoms with van der Waals surface area (Å²) in [4.78, 5) is 12.6. The van der Waals surface area contributed by atoms with Crippen LogP contribution in [0.5, 0.6) is 5.75 Å². The molecular weight excluding hydrogens is 407 g/mol. The fourth-order valence-electron chi connectivity index (χ4n) is 2.78. The number of amides is 1. The molecule has 0 N–H and O–H groups in total. The van der Waals surface area contributed by atoms with Crippen molar-refractivity contribution in [3.05, 3.63) is 64.5 Å². The Bertz CT molecular complexity index is 1020. The predicted molar refractivity (Wildman–Crippen MR) is 102 cm³/mol. The molecule has 0 saturated heterocycles. The first-order valence-electron chi connectivity index (χ1n) is 9.12. The molecule has 1 aliphatic heterocycles. The van der Waals surface area contributed by atoms with Gasteiger partial charge in [0.2, 0.25) is 5.82 Å². The van der Waals surface area contributed by atoms with Gasteiger partial charge in [0, 0.05) is 0 Å². The lowest BCUT2D eigenvalue weighted by Gasteiger charge is -2.15. The van der Waals surface area contributed by atoms with Crippen molar-refractivity contribution >= 4 is 23.4 Å². The van der Waals surface area contributed by atoms with Gasteiger partial charge in [-0.25, -0.2) is 22.0 Å². The standard InChI is InChI=1S/C21H17F5N2O2/c1-3-4-9-30-13-7-5-12(6-8-13)10-14-11(2)27-28(21(14)29)20-18(25)16(23)15(22)17(24)19(20)26/h5-8,10H,3-4,9H2,1-2H3/b14-10+. The van der Waals surface area contributed by atoms with Crippen molar-refractivity contribution < 1.29 is 31.5 Å². The molecule has 30 heavy (non-hydrogen) atoms. The first-order chi connectivity index (χ1) is 14.3. The third kappa shape index (κ3) is 3.92. The van der Waals surface area contributed by atoms with Crippen LogP contribution in [0.25, 0.3) is 6.08 Å². The summed E-state index contributed by atoms with van der Waals surface area (Å²) in [6.07, 6.45) is 3.30. The Morgan fingerprint density at radius 3 is 2.10 bits per heavy atom. The van der Waals surface area contributed by atoms with Crippen LogP contribution in [0, 0.1) is 29.1 Å². The highest BCUT2D eigenvalue weighted by Gasteiger charge is 2.36. The van der Waals surface area contributed by atoms with E-state index in [9.17, 15) is 26.7 Å². The number of unbranched alkanes of at least 4 members (excludes halogenated alkanes) is 1. The monoisotopic (exact) mass is 424 g/mol. The van der Waals surface area contributed by atoms with Crippen LogP contribution in [0.15, 0.2) is 34.9 Å². The van der Waals surface area contributed by atoms with Gasteiger partial charge in [-0.3, -0.25) is 4.79 Å². The molecule has 0 atom stereocenters. The summed E-state index contributed by atoms with van der Waals surface area (Å²) in [6, 6.07) is 6.71. The molecular formula is C21H17F5N2O2. The van der Waals surface area contributed by atoms with Gasteiger partial charge in [-0.1, -0.05) is 25.5 Å². The third-order valence-electron chi connectivity index (χ3n) is 4.42. The zero-order valence-corrected chi connectivity index (χ0v) is 16.1. The molecule has 1 heterocycles. The summed E-state index contributed by atoms with van der Waals surface area (Å²) in [6.45, 7) is 3.99. The zero-order valence-electron chi connectivity index (χ0n) is 16.1. The Morgan fingerprint density at radius 1 is 0.967 bits per heavy atom. The lowest BCUT2D eigenvalue weighted by Crippen LogP contribution is -2.25. The highest BCUT2D eigenvalue weighted by molar-refractivity contribution is 6.32. The molecule has 0 fully saturated rings. The van der Waals surface area contributed by atoms with Crippen LogP contribution in [0.3, 0.4) is 0 Å². The minimum Gasteiger partial charge on any atom is -0.494 e. The second-order valence-corrected chi connectivity index (χ2v) is 6.55. The van der Waals surface area contributed by atoms with E-state index in [-0.39, 0.29) is 16.3 Å². The molecule has 0 aromatic heterocycles. The molecule has 2 aromatic rings. The molecule has 3 rings (SSSR count). The Kier molecular flexibility index (Phi) is 6.19. The molecule has 4 nitrogen and oxygen atoms in total. The summed E-state index contributed by atoms with van der Waals surface area (Å²) in [7, 11) is 0. The van der Waals surface area contributed by atoms with Gasteiger partial charge in [0.25, 0.3) is 5.91 Å². The van der Waals surface area contributed by atoms with Gasteiger partial charge in [-0.15, -0.1) is 0 Å². The molecule has 158 valence electrons. The molecule has 1 aliphatic rings. The number of hydrogen-bond acceptors (Lipinski definition) is 3. The fraction of sp³-hybridized carbons (Fsp3) is 0.238. The van der Waals surface area contributed by atoms with Crippen molar-refractivity contribution in [2.24, 2.45) is 5.10 Å². The molecule has 0 bridgehead atoms. The van der Waals surface area contributed by atoms with Crippen LogP contribution in [0.4, 0.5) is 27.6 Å². The highest BCUT2D eigenvalue weighted by atomic mass is 19.2. The fourth-order valence-corrected chi connectivity index (χ4v) is 2.78.